The smallest absolute Gasteiger partial charge is 0.323 e. The first-order valence-corrected chi connectivity index (χ1v) is 7.59. The number of alkyl halides is 1. The van der Waals surface area contributed by atoms with Crippen molar-refractivity contribution >= 4 is 44.2 Å². The van der Waals surface area contributed by atoms with Crippen molar-refractivity contribution in [1.82, 2.24) is 9.97 Å². The third kappa shape index (κ3) is 3.29. The molecule has 0 radical (unpaired) electrons. The quantitative estimate of drug-likeness (QED) is 0.736. The van der Waals surface area contributed by atoms with Gasteiger partial charge in [-0.15, -0.1) is 0 Å². The van der Waals surface area contributed by atoms with Crippen LogP contribution in [0.25, 0.3) is 11.0 Å². The molecule has 1 aromatic heterocycles. The molecule has 1 amide bonds. The first-order chi connectivity index (χ1) is 9.79. The number of nitrogens with one attached hydrogen (secondary N) is 3. The maximum Gasteiger partial charge on any atom is 0.323 e. The summed E-state index contributed by atoms with van der Waals surface area (Å²) in [5.41, 5.74) is 2.60. The molecule has 6 nitrogen and oxygen atoms in total. The zero-order chi connectivity index (χ0) is 15.7. The van der Waals surface area contributed by atoms with Crippen LogP contribution in [0.2, 0.25) is 0 Å². The van der Waals surface area contributed by atoms with Crippen LogP contribution in [0.1, 0.15) is 13.8 Å². The van der Waals surface area contributed by atoms with Crippen molar-refractivity contribution in [3.05, 3.63) is 22.6 Å². The van der Waals surface area contributed by atoms with Gasteiger partial charge in [0.05, 0.1) is 27.2 Å². The standard InChI is InChI=1S/C14H19BrN4O2/c1-7(2)12(15)13(20)16-10-5-8-9(18-14(21)17-8)6-11(10)19(3)4/h5-7,12H,1-4H3,(H,16,20)(H2,17,18,21)/t12-/m0/s1. The van der Waals surface area contributed by atoms with E-state index >= 15 is 0 Å². The van der Waals surface area contributed by atoms with E-state index in [0.717, 1.165) is 5.69 Å². The number of imidazole rings is 1. The number of hydrogen-bond acceptors (Lipinski definition) is 3. The third-order valence-electron chi connectivity index (χ3n) is 3.21. The Morgan fingerprint density at radius 2 is 1.81 bits per heavy atom. The molecule has 0 aliphatic rings. The molecule has 0 saturated heterocycles. The number of benzene rings is 1. The van der Waals surface area contributed by atoms with Crippen LogP contribution >= 0.6 is 15.9 Å². The average Bonchev–Trinajstić information content (AvgIpc) is 2.75. The third-order valence-corrected chi connectivity index (χ3v) is 4.68. The van der Waals surface area contributed by atoms with E-state index in [1.165, 1.54) is 0 Å². The minimum Gasteiger partial charge on any atom is -0.376 e. The zero-order valence-electron chi connectivity index (χ0n) is 12.5. The lowest BCUT2D eigenvalue weighted by Gasteiger charge is -2.20. The number of carbonyl (C=O) groups is 1. The van der Waals surface area contributed by atoms with Crippen LogP contribution < -0.4 is 15.9 Å². The summed E-state index contributed by atoms with van der Waals surface area (Å²) in [6.07, 6.45) is 0. The molecule has 2 aromatic rings. The van der Waals surface area contributed by atoms with Gasteiger partial charge in [-0.05, 0) is 18.1 Å². The van der Waals surface area contributed by atoms with Gasteiger partial charge in [0, 0.05) is 14.1 Å². The molecule has 0 bridgehead atoms. The maximum atomic E-state index is 12.2. The Morgan fingerprint density at radius 1 is 1.24 bits per heavy atom. The summed E-state index contributed by atoms with van der Waals surface area (Å²) in [4.78, 5) is 30.6. The van der Waals surface area contributed by atoms with E-state index in [1.54, 1.807) is 6.07 Å². The van der Waals surface area contributed by atoms with E-state index in [9.17, 15) is 9.59 Å². The lowest BCUT2D eigenvalue weighted by Crippen LogP contribution is -2.27. The number of aromatic nitrogens is 2. The summed E-state index contributed by atoms with van der Waals surface area (Å²) >= 11 is 3.39. The molecule has 1 heterocycles. The van der Waals surface area contributed by atoms with Crippen molar-refractivity contribution in [2.45, 2.75) is 18.7 Å². The molecule has 0 saturated carbocycles. The number of nitrogens with zero attached hydrogens (tertiary/aromatic N) is 1. The molecule has 1 atom stereocenters. The van der Waals surface area contributed by atoms with Crippen LogP contribution in [0.3, 0.4) is 0 Å². The summed E-state index contributed by atoms with van der Waals surface area (Å²) in [6, 6.07) is 3.60. The minimum atomic E-state index is -0.270. The Morgan fingerprint density at radius 3 is 2.33 bits per heavy atom. The maximum absolute atomic E-state index is 12.2. The largest absolute Gasteiger partial charge is 0.376 e. The predicted octanol–water partition coefficient (Wildman–Crippen LogP) is 2.28. The fourth-order valence-electron chi connectivity index (χ4n) is 2.05. The minimum absolute atomic E-state index is 0.106. The fraction of sp³-hybridized carbons (Fsp3) is 0.429. The topological polar surface area (TPSA) is 81.0 Å². The SMILES string of the molecule is CC(C)[C@H](Br)C(=O)Nc1cc2[nH]c(=O)[nH]c2cc1N(C)C. The highest BCUT2D eigenvalue weighted by Crippen LogP contribution is 2.29. The number of aromatic amines is 2. The number of hydrogen-bond donors (Lipinski definition) is 3. The molecule has 114 valence electrons. The van der Waals surface area contributed by atoms with Crippen LogP contribution in [-0.4, -0.2) is 34.8 Å². The zero-order valence-corrected chi connectivity index (χ0v) is 14.0. The van der Waals surface area contributed by atoms with Gasteiger partial charge in [-0.3, -0.25) is 4.79 Å². The van der Waals surface area contributed by atoms with Crippen molar-refractivity contribution in [1.29, 1.82) is 0 Å². The van der Waals surface area contributed by atoms with Crippen molar-refractivity contribution in [3.63, 3.8) is 0 Å². The first-order valence-electron chi connectivity index (χ1n) is 6.68. The van der Waals surface area contributed by atoms with Crippen LogP contribution in [0.4, 0.5) is 11.4 Å². The molecule has 3 N–H and O–H groups in total. The van der Waals surface area contributed by atoms with Crippen LogP contribution in [-0.2, 0) is 4.79 Å². The van der Waals surface area contributed by atoms with Gasteiger partial charge < -0.3 is 20.2 Å². The van der Waals surface area contributed by atoms with E-state index in [0.29, 0.717) is 16.7 Å². The van der Waals surface area contributed by atoms with Crippen molar-refractivity contribution < 1.29 is 4.79 Å². The highest BCUT2D eigenvalue weighted by Gasteiger charge is 2.20. The Labute approximate surface area is 131 Å². The Kier molecular flexibility index (Phi) is 4.41. The van der Waals surface area contributed by atoms with Gasteiger partial charge in [0.25, 0.3) is 0 Å². The molecule has 7 heteroatoms. The average molecular weight is 355 g/mol. The highest BCUT2D eigenvalue weighted by atomic mass is 79.9. The van der Waals surface area contributed by atoms with Gasteiger partial charge in [-0.1, -0.05) is 29.8 Å². The molecular formula is C14H19BrN4O2. The number of amides is 1. The number of halogens is 1. The fourth-order valence-corrected chi connectivity index (χ4v) is 2.16. The summed E-state index contributed by atoms with van der Waals surface area (Å²) in [5, 5.41) is 2.91. The molecule has 0 aliphatic heterocycles. The molecule has 0 aliphatic carbocycles. The number of fused-ring (bicyclic) bond motifs is 1. The normalized spacial score (nSPS) is 12.7. The summed E-state index contributed by atoms with van der Waals surface area (Å²) in [5.74, 6) is 0.0777. The molecule has 21 heavy (non-hydrogen) atoms. The van der Waals surface area contributed by atoms with Crippen LogP contribution in [0, 0.1) is 5.92 Å². The van der Waals surface area contributed by atoms with E-state index in [-0.39, 0.29) is 22.3 Å². The van der Waals surface area contributed by atoms with E-state index < -0.39 is 0 Å². The van der Waals surface area contributed by atoms with E-state index in [2.05, 4.69) is 31.2 Å². The predicted molar refractivity (Wildman–Crippen MR) is 89.4 cm³/mol. The van der Waals surface area contributed by atoms with Gasteiger partial charge in [0.2, 0.25) is 5.91 Å². The molecule has 0 fully saturated rings. The second-order valence-electron chi connectivity index (χ2n) is 5.52. The summed E-state index contributed by atoms with van der Waals surface area (Å²) < 4.78 is 0. The second kappa shape index (κ2) is 5.93. The van der Waals surface area contributed by atoms with Crippen LogP contribution in [0.15, 0.2) is 16.9 Å². The lowest BCUT2D eigenvalue weighted by molar-refractivity contribution is -0.116. The van der Waals surface area contributed by atoms with Gasteiger partial charge in [-0.25, -0.2) is 4.79 Å². The Bertz CT molecular complexity index is 717. The van der Waals surface area contributed by atoms with E-state index in [1.807, 2.05) is 38.9 Å². The van der Waals surface area contributed by atoms with Gasteiger partial charge in [-0.2, -0.15) is 0 Å². The molecule has 0 spiro atoms. The van der Waals surface area contributed by atoms with Crippen molar-refractivity contribution in [2.75, 3.05) is 24.3 Å². The lowest BCUT2D eigenvalue weighted by atomic mass is 10.1. The first kappa shape index (κ1) is 15.6. The van der Waals surface area contributed by atoms with Gasteiger partial charge in [0.1, 0.15) is 0 Å². The molecule has 0 unspecified atom stereocenters. The highest BCUT2D eigenvalue weighted by molar-refractivity contribution is 9.10. The molecule has 1 aromatic carbocycles. The van der Waals surface area contributed by atoms with Crippen molar-refractivity contribution in [3.8, 4) is 0 Å². The van der Waals surface area contributed by atoms with Crippen LogP contribution in [0.5, 0.6) is 0 Å². The Hall–Kier alpha value is -1.76. The monoisotopic (exact) mass is 354 g/mol. The van der Waals surface area contributed by atoms with Gasteiger partial charge in [0.15, 0.2) is 0 Å². The van der Waals surface area contributed by atoms with Crippen molar-refractivity contribution in [2.24, 2.45) is 5.92 Å². The number of H-pyrrole nitrogens is 2. The summed E-state index contributed by atoms with van der Waals surface area (Å²) in [7, 11) is 3.77. The van der Waals surface area contributed by atoms with Gasteiger partial charge >= 0.3 is 5.69 Å². The Balaban J connectivity index is 2.43. The van der Waals surface area contributed by atoms with E-state index in [4.69, 9.17) is 0 Å². The molecular weight excluding hydrogens is 336 g/mol. The number of carbonyl (C=O) groups excluding carboxylic acids is 1. The molecule has 2 rings (SSSR count). The summed E-state index contributed by atoms with van der Waals surface area (Å²) in [6.45, 7) is 3.94. The number of rotatable bonds is 4. The number of anilines is 2. The second-order valence-corrected chi connectivity index (χ2v) is 6.51.